The summed E-state index contributed by atoms with van der Waals surface area (Å²) in [6.07, 6.45) is 0. The predicted octanol–water partition coefficient (Wildman–Crippen LogP) is 13.8. The highest BCUT2D eigenvalue weighted by Gasteiger charge is 2.22. The van der Waals surface area contributed by atoms with Crippen LogP contribution >= 0.6 is 7.92 Å². The van der Waals surface area contributed by atoms with E-state index in [1.54, 1.807) is 0 Å². The Bertz CT molecular complexity index is 3240. The molecular weight excluding hydrogens is 746 g/mol. The first-order valence-electron chi connectivity index (χ1n) is 20.9. The fraction of sp³-hybridized carbons (Fsp3) is 0.0357. The predicted molar refractivity (Wildman–Crippen MR) is 260 cm³/mol. The first-order chi connectivity index (χ1) is 29.8. The molecule has 9 aromatic carbocycles. The largest absolute Gasteiger partial charge is 0.309 e. The fourth-order valence-electron chi connectivity index (χ4n) is 9.35. The quantitative estimate of drug-likeness (QED) is 0.149. The molecule has 0 unspecified atom stereocenters. The summed E-state index contributed by atoms with van der Waals surface area (Å²) < 4.78 is 7.38. The maximum Gasteiger partial charge on any atom is 0.0541 e. The lowest BCUT2D eigenvalue weighted by atomic mass is 10.1. The number of hydrogen-bond acceptors (Lipinski definition) is 0. The molecule has 0 atom stereocenters. The van der Waals surface area contributed by atoms with Crippen molar-refractivity contribution in [1.29, 1.82) is 0 Å². The molecule has 12 aromatic rings. The molecule has 0 bridgehead atoms. The highest BCUT2D eigenvalue weighted by atomic mass is 31.1. The summed E-state index contributed by atoms with van der Waals surface area (Å²) >= 11 is 0. The maximum absolute atomic E-state index is 2.48. The second kappa shape index (κ2) is 14.9. The average Bonchev–Trinajstić information content (AvgIpc) is 3.96. The van der Waals surface area contributed by atoms with Crippen molar-refractivity contribution in [3.05, 3.63) is 218 Å². The molecule has 4 heteroatoms. The number of fused-ring (bicyclic) bond motifs is 9. The van der Waals surface area contributed by atoms with Gasteiger partial charge in [-0.05, 0) is 84.5 Å². The molecule has 0 radical (unpaired) electrons. The van der Waals surface area contributed by atoms with Crippen molar-refractivity contribution in [1.82, 2.24) is 13.7 Å². The van der Waals surface area contributed by atoms with Gasteiger partial charge in [0, 0.05) is 32.3 Å². The Morgan fingerprint density at radius 2 is 0.533 bits per heavy atom. The minimum Gasteiger partial charge on any atom is -0.309 e. The molecule has 0 saturated heterocycles. The molecule has 3 heterocycles. The fourth-order valence-corrected chi connectivity index (χ4v) is 11.7. The summed E-state index contributed by atoms with van der Waals surface area (Å²) in [6.45, 7) is 4.00. The Morgan fingerprint density at radius 3 is 0.883 bits per heavy atom. The molecule has 0 N–H and O–H groups in total. The van der Waals surface area contributed by atoms with Gasteiger partial charge in [-0.1, -0.05) is 172 Å². The van der Waals surface area contributed by atoms with Crippen LogP contribution in [0.4, 0.5) is 0 Å². The Balaban J connectivity index is 0.00000201. The number of para-hydroxylation sites is 5. The minimum atomic E-state index is -0.764. The molecule has 0 saturated carbocycles. The first kappa shape index (κ1) is 35.9. The molecule has 60 heavy (non-hydrogen) atoms. The van der Waals surface area contributed by atoms with Gasteiger partial charge in [0.15, 0.2) is 0 Å². The highest BCUT2D eigenvalue weighted by Crippen LogP contribution is 2.40. The summed E-state index contributed by atoms with van der Waals surface area (Å²) in [7, 11) is -0.764. The zero-order chi connectivity index (χ0) is 40.2. The lowest BCUT2D eigenvalue weighted by Gasteiger charge is -2.20. The van der Waals surface area contributed by atoms with Crippen molar-refractivity contribution >= 4 is 89.3 Å². The van der Waals surface area contributed by atoms with Crippen LogP contribution in [0, 0.1) is 0 Å². The van der Waals surface area contributed by atoms with Crippen molar-refractivity contribution < 1.29 is 0 Å². The van der Waals surface area contributed by atoms with E-state index in [0.29, 0.717) is 0 Å². The molecule has 0 fully saturated rings. The van der Waals surface area contributed by atoms with Crippen LogP contribution in [0.15, 0.2) is 218 Å². The molecule has 0 aliphatic rings. The second-order valence-electron chi connectivity index (χ2n) is 15.0. The van der Waals surface area contributed by atoms with Crippen molar-refractivity contribution in [2.45, 2.75) is 13.8 Å². The summed E-state index contributed by atoms with van der Waals surface area (Å²) in [4.78, 5) is 0. The van der Waals surface area contributed by atoms with Crippen LogP contribution in [0.25, 0.3) is 82.5 Å². The molecule has 0 aliphatic carbocycles. The molecule has 286 valence electrons. The number of hydrogen-bond donors (Lipinski definition) is 0. The van der Waals surface area contributed by atoms with Gasteiger partial charge in [0.25, 0.3) is 0 Å². The van der Waals surface area contributed by atoms with Gasteiger partial charge < -0.3 is 13.7 Å². The lowest BCUT2D eigenvalue weighted by Crippen LogP contribution is -2.20. The Kier molecular flexibility index (Phi) is 8.91. The third kappa shape index (κ3) is 5.69. The van der Waals surface area contributed by atoms with E-state index in [-0.39, 0.29) is 0 Å². The standard InChI is InChI=1S/C54H36N3P.C2H6/c1-3-17-40(18-4-1)58(41-19-5-2-6-20-41)42-31-32-54-48(36-42)47-25-11-16-30-53(47)57(54)39-34-37(55-49-26-12-7-21-43(49)44-22-8-13-27-50(44)55)33-38(35-39)56-51-28-14-9-23-45(51)46-24-10-15-29-52(46)56;1-2/h1-36H;1-2H3. The maximum atomic E-state index is 2.48. The highest BCUT2D eigenvalue weighted by molar-refractivity contribution is 7.79. The van der Waals surface area contributed by atoms with Crippen LogP contribution in [0.3, 0.4) is 0 Å². The topological polar surface area (TPSA) is 14.8 Å². The zero-order valence-corrected chi connectivity index (χ0v) is 34.5. The van der Waals surface area contributed by atoms with Gasteiger partial charge in [-0.3, -0.25) is 0 Å². The second-order valence-corrected chi connectivity index (χ2v) is 17.2. The number of benzene rings is 9. The van der Waals surface area contributed by atoms with E-state index >= 15 is 0 Å². The van der Waals surface area contributed by atoms with Crippen molar-refractivity contribution in [3.8, 4) is 17.1 Å². The molecule has 12 rings (SSSR count). The molecule has 0 amide bonds. The van der Waals surface area contributed by atoms with Gasteiger partial charge in [0.05, 0.1) is 50.2 Å². The Hall–Kier alpha value is -7.19. The van der Waals surface area contributed by atoms with E-state index in [1.165, 1.54) is 81.3 Å². The van der Waals surface area contributed by atoms with E-state index in [9.17, 15) is 0 Å². The summed E-state index contributed by atoms with van der Waals surface area (Å²) in [5.74, 6) is 0. The van der Waals surface area contributed by atoms with Crippen LogP contribution < -0.4 is 15.9 Å². The van der Waals surface area contributed by atoms with E-state index in [4.69, 9.17) is 0 Å². The third-order valence-electron chi connectivity index (χ3n) is 11.8. The molecular formula is C56H42N3P. The van der Waals surface area contributed by atoms with Crippen LogP contribution in [0.2, 0.25) is 0 Å². The SMILES string of the molecule is CC.c1ccc(P(c2ccccc2)c2ccc3c(c2)c2ccccc2n3-c2cc(-n3c4ccccc4c4ccccc43)cc(-n3c4ccccc4c4ccccc43)c2)cc1. The van der Waals surface area contributed by atoms with Crippen molar-refractivity contribution in [2.75, 3.05) is 0 Å². The first-order valence-corrected chi connectivity index (χ1v) is 22.2. The van der Waals surface area contributed by atoms with Gasteiger partial charge in [-0.15, -0.1) is 0 Å². The van der Waals surface area contributed by atoms with Crippen LogP contribution in [0.1, 0.15) is 13.8 Å². The molecule has 3 nitrogen and oxygen atoms in total. The van der Waals surface area contributed by atoms with Gasteiger partial charge in [-0.2, -0.15) is 0 Å². The van der Waals surface area contributed by atoms with E-state index in [2.05, 4.69) is 232 Å². The molecule has 3 aromatic heterocycles. The monoisotopic (exact) mass is 787 g/mol. The van der Waals surface area contributed by atoms with E-state index in [0.717, 1.165) is 17.1 Å². The van der Waals surface area contributed by atoms with Gasteiger partial charge in [-0.25, -0.2) is 0 Å². The number of aromatic nitrogens is 3. The van der Waals surface area contributed by atoms with Crippen molar-refractivity contribution in [2.24, 2.45) is 0 Å². The minimum absolute atomic E-state index is 0.764. The lowest BCUT2D eigenvalue weighted by molar-refractivity contribution is 1.10. The number of nitrogens with zero attached hydrogens (tertiary/aromatic N) is 3. The average molecular weight is 788 g/mol. The van der Waals surface area contributed by atoms with E-state index < -0.39 is 7.92 Å². The molecule has 0 spiro atoms. The summed E-state index contributed by atoms with van der Waals surface area (Å²) in [6, 6.07) is 80.4. The smallest absolute Gasteiger partial charge is 0.0541 e. The van der Waals surface area contributed by atoms with Crippen LogP contribution in [-0.4, -0.2) is 13.7 Å². The van der Waals surface area contributed by atoms with E-state index in [1.807, 2.05) is 13.8 Å². The zero-order valence-electron chi connectivity index (χ0n) is 33.6. The Labute approximate surface area is 350 Å². The van der Waals surface area contributed by atoms with Crippen molar-refractivity contribution in [3.63, 3.8) is 0 Å². The third-order valence-corrected chi connectivity index (χ3v) is 14.2. The normalized spacial score (nSPS) is 11.7. The molecule has 0 aliphatic heterocycles. The number of rotatable bonds is 6. The van der Waals surface area contributed by atoms with Gasteiger partial charge in [0.2, 0.25) is 0 Å². The van der Waals surface area contributed by atoms with Crippen LogP contribution in [-0.2, 0) is 0 Å². The summed E-state index contributed by atoms with van der Waals surface area (Å²) in [5, 5.41) is 11.5. The summed E-state index contributed by atoms with van der Waals surface area (Å²) in [5.41, 5.74) is 10.5. The van der Waals surface area contributed by atoms with Crippen LogP contribution in [0.5, 0.6) is 0 Å². The van der Waals surface area contributed by atoms with Gasteiger partial charge >= 0.3 is 0 Å². The Morgan fingerprint density at radius 1 is 0.250 bits per heavy atom. The van der Waals surface area contributed by atoms with Gasteiger partial charge in [0.1, 0.15) is 0 Å².